The van der Waals surface area contributed by atoms with Crippen LogP contribution in [0.3, 0.4) is 0 Å². The minimum Gasteiger partial charge on any atom is -0.497 e. The number of halogens is 1. The van der Waals surface area contributed by atoms with Gasteiger partial charge < -0.3 is 19.3 Å². The molecule has 0 saturated heterocycles. The monoisotopic (exact) mass is 510 g/mol. The number of methoxy groups -OCH3 is 1. The van der Waals surface area contributed by atoms with Gasteiger partial charge in [-0.15, -0.1) is 11.3 Å². The van der Waals surface area contributed by atoms with Crippen molar-refractivity contribution in [2.75, 3.05) is 26.8 Å². The predicted molar refractivity (Wildman–Crippen MR) is 138 cm³/mol. The number of hydrogen-bond acceptors (Lipinski definition) is 5. The number of benzene rings is 2. The summed E-state index contributed by atoms with van der Waals surface area (Å²) in [7, 11) is 1.60. The first-order valence-corrected chi connectivity index (χ1v) is 13.0. The summed E-state index contributed by atoms with van der Waals surface area (Å²) in [4.78, 5) is 31.5. The minimum absolute atomic E-state index is 0.0838. The Kier molecular flexibility index (Phi) is 8.25. The zero-order chi connectivity index (χ0) is 25.7. The molecular weight excluding hydrogens is 479 g/mol. The Hall–Kier alpha value is -3.39. The summed E-state index contributed by atoms with van der Waals surface area (Å²) in [6.07, 6.45) is 1.43. The van der Waals surface area contributed by atoms with E-state index in [1.165, 1.54) is 23.1 Å². The van der Waals surface area contributed by atoms with Gasteiger partial charge in [-0.2, -0.15) is 0 Å². The summed E-state index contributed by atoms with van der Waals surface area (Å²) in [5, 5.41) is 2.04. The van der Waals surface area contributed by atoms with Crippen LogP contribution in [0.4, 0.5) is 4.39 Å². The molecule has 1 aliphatic rings. The molecule has 0 unspecified atom stereocenters. The molecule has 1 aliphatic heterocycles. The van der Waals surface area contributed by atoms with Crippen LogP contribution in [0.25, 0.3) is 0 Å². The van der Waals surface area contributed by atoms with Gasteiger partial charge >= 0.3 is 0 Å². The molecule has 4 rings (SSSR count). The van der Waals surface area contributed by atoms with E-state index in [2.05, 4.69) is 0 Å². The molecular formula is C28H31FN2O4S. The fourth-order valence-electron chi connectivity index (χ4n) is 4.41. The van der Waals surface area contributed by atoms with Crippen molar-refractivity contribution in [3.05, 3.63) is 81.8 Å². The molecule has 2 amide bonds. The average Bonchev–Trinajstić information content (AvgIpc) is 3.38. The van der Waals surface area contributed by atoms with Crippen LogP contribution in [-0.4, -0.2) is 54.5 Å². The van der Waals surface area contributed by atoms with Crippen molar-refractivity contribution < 1.29 is 23.5 Å². The van der Waals surface area contributed by atoms with Gasteiger partial charge in [0, 0.05) is 29.1 Å². The van der Waals surface area contributed by atoms with Gasteiger partial charge in [-0.1, -0.05) is 19.1 Å². The lowest BCUT2D eigenvalue weighted by molar-refractivity contribution is -0.136. The van der Waals surface area contributed by atoms with Crippen LogP contribution in [0.5, 0.6) is 11.5 Å². The lowest BCUT2D eigenvalue weighted by Crippen LogP contribution is -2.49. The third-order valence-corrected chi connectivity index (χ3v) is 7.62. The Labute approximate surface area is 215 Å². The number of ether oxygens (including phenoxy) is 2. The second kappa shape index (κ2) is 11.6. The fourth-order valence-corrected chi connectivity index (χ4v) is 5.34. The Bertz CT molecular complexity index is 1210. The van der Waals surface area contributed by atoms with Gasteiger partial charge in [0.2, 0.25) is 5.91 Å². The Morgan fingerprint density at radius 2 is 1.94 bits per heavy atom. The van der Waals surface area contributed by atoms with Crippen LogP contribution >= 0.6 is 11.3 Å². The van der Waals surface area contributed by atoms with Crippen molar-refractivity contribution in [1.82, 2.24) is 9.80 Å². The number of fused-ring (bicyclic) bond motifs is 1. The number of thiophene rings is 1. The van der Waals surface area contributed by atoms with Crippen LogP contribution in [-0.2, 0) is 11.2 Å². The smallest absolute Gasteiger partial charge is 0.254 e. The quantitative estimate of drug-likeness (QED) is 0.390. The zero-order valence-corrected chi connectivity index (χ0v) is 21.6. The van der Waals surface area contributed by atoms with Crippen molar-refractivity contribution in [2.45, 2.75) is 38.8 Å². The van der Waals surface area contributed by atoms with E-state index >= 15 is 0 Å². The van der Waals surface area contributed by atoms with Crippen molar-refractivity contribution in [3.8, 4) is 11.5 Å². The van der Waals surface area contributed by atoms with Crippen molar-refractivity contribution in [1.29, 1.82) is 0 Å². The first-order valence-electron chi connectivity index (χ1n) is 12.1. The highest BCUT2D eigenvalue weighted by Gasteiger charge is 2.34. The van der Waals surface area contributed by atoms with E-state index in [1.54, 1.807) is 29.4 Å². The summed E-state index contributed by atoms with van der Waals surface area (Å²) in [5.41, 5.74) is 1.31. The van der Waals surface area contributed by atoms with Gasteiger partial charge in [-0.05, 0) is 67.1 Å². The van der Waals surface area contributed by atoms with Crippen molar-refractivity contribution in [2.24, 2.45) is 0 Å². The van der Waals surface area contributed by atoms with Crippen molar-refractivity contribution >= 4 is 23.2 Å². The maximum Gasteiger partial charge on any atom is 0.254 e. The molecule has 2 heterocycles. The second-order valence-corrected chi connectivity index (χ2v) is 9.84. The second-order valence-electron chi connectivity index (χ2n) is 8.84. The third kappa shape index (κ3) is 5.70. The van der Waals surface area contributed by atoms with Gasteiger partial charge in [-0.25, -0.2) is 4.39 Å². The SMILES string of the molecule is CC[C@@H](C)N(CC(=O)N1CCc2sccc2[C@@H]1COc1cccc(OC)c1)C(=O)c1cccc(F)c1. The number of carbonyl (C=O) groups is 2. The molecule has 0 aliphatic carbocycles. The first-order chi connectivity index (χ1) is 17.4. The van der Waals surface area contributed by atoms with E-state index in [9.17, 15) is 14.0 Å². The highest BCUT2D eigenvalue weighted by Crippen LogP contribution is 2.34. The van der Waals surface area contributed by atoms with Gasteiger partial charge in [-0.3, -0.25) is 9.59 Å². The highest BCUT2D eigenvalue weighted by atomic mass is 32.1. The molecule has 0 N–H and O–H groups in total. The van der Waals surface area contributed by atoms with E-state index in [-0.39, 0.29) is 42.6 Å². The van der Waals surface area contributed by atoms with Crippen LogP contribution < -0.4 is 9.47 Å². The van der Waals surface area contributed by atoms with E-state index in [4.69, 9.17) is 9.47 Å². The van der Waals surface area contributed by atoms with Crippen LogP contribution in [0.2, 0.25) is 0 Å². The number of hydrogen-bond donors (Lipinski definition) is 0. The molecule has 1 aromatic heterocycles. The summed E-state index contributed by atoms with van der Waals surface area (Å²) in [5.74, 6) is 0.366. The topological polar surface area (TPSA) is 59.1 Å². The lowest BCUT2D eigenvalue weighted by atomic mass is 10.00. The van der Waals surface area contributed by atoms with Gasteiger partial charge in [0.25, 0.3) is 5.91 Å². The molecule has 36 heavy (non-hydrogen) atoms. The van der Waals surface area contributed by atoms with Crippen LogP contribution in [0.15, 0.2) is 60.0 Å². The molecule has 0 fully saturated rings. The van der Waals surface area contributed by atoms with E-state index < -0.39 is 5.82 Å². The summed E-state index contributed by atoms with van der Waals surface area (Å²) < 4.78 is 25.2. The number of carbonyl (C=O) groups excluding carboxylic acids is 2. The average molecular weight is 511 g/mol. The molecule has 3 aromatic rings. The summed E-state index contributed by atoms with van der Waals surface area (Å²) >= 11 is 1.68. The largest absolute Gasteiger partial charge is 0.497 e. The minimum atomic E-state index is -0.480. The Morgan fingerprint density at radius 3 is 2.69 bits per heavy atom. The molecule has 2 aromatic carbocycles. The summed E-state index contributed by atoms with van der Waals surface area (Å²) in [6.45, 7) is 4.61. The molecule has 0 radical (unpaired) electrons. The zero-order valence-electron chi connectivity index (χ0n) is 20.8. The highest BCUT2D eigenvalue weighted by molar-refractivity contribution is 7.10. The lowest BCUT2D eigenvalue weighted by Gasteiger charge is -2.38. The maximum absolute atomic E-state index is 13.8. The maximum atomic E-state index is 13.8. The van der Waals surface area contributed by atoms with E-state index in [1.807, 2.05) is 54.5 Å². The van der Waals surface area contributed by atoms with Crippen molar-refractivity contribution in [3.63, 3.8) is 0 Å². The Balaban J connectivity index is 1.55. The molecule has 8 heteroatoms. The molecule has 0 bridgehead atoms. The van der Waals surface area contributed by atoms with Crippen LogP contribution in [0, 0.1) is 5.82 Å². The summed E-state index contributed by atoms with van der Waals surface area (Å²) in [6, 6.07) is 14.6. The molecule has 6 nitrogen and oxygen atoms in total. The number of amides is 2. The van der Waals surface area contributed by atoms with Gasteiger partial charge in [0.1, 0.15) is 30.5 Å². The fraction of sp³-hybridized carbons (Fsp3) is 0.357. The van der Waals surface area contributed by atoms with Gasteiger partial charge in [0.05, 0.1) is 13.2 Å². The molecule has 0 spiro atoms. The standard InChI is InChI=1S/C28H31FN2O4S/c1-4-19(2)31(28(33)20-7-5-8-21(29)15-20)17-27(32)30-13-11-26-24(12-14-36-26)25(30)18-35-23-10-6-9-22(16-23)34-3/h5-10,12,14-16,19,25H,4,11,13,17-18H2,1-3H3/t19-,25+/m1/s1. The molecule has 2 atom stereocenters. The normalized spacial score (nSPS) is 15.7. The third-order valence-electron chi connectivity index (χ3n) is 6.63. The first kappa shape index (κ1) is 25.7. The predicted octanol–water partition coefficient (Wildman–Crippen LogP) is 5.34. The molecule has 190 valence electrons. The van der Waals surface area contributed by atoms with E-state index in [0.717, 1.165) is 12.0 Å². The van der Waals surface area contributed by atoms with Gasteiger partial charge in [0.15, 0.2) is 0 Å². The van der Waals surface area contributed by atoms with E-state index in [0.29, 0.717) is 24.5 Å². The molecule has 0 saturated carbocycles. The Morgan fingerprint density at radius 1 is 1.17 bits per heavy atom. The number of nitrogens with zero attached hydrogens (tertiary/aromatic N) is 2. The van der Waals surface area contributed by atoms with Crippen LogP contribution in [0.1, 0.15) is 47.1 Å². The number of rotatable bonds is 9.